The number of carbonyl (C=O) groups excluding carboxylic acids is 2. The predicted octanol–water partition coefficient (Wildman–Crippen LogP) is 2.70. The molecule has 2 fully saturated rings. The average Bonchev–Trinajstić information content (AvgIpc) is 3.21. The summed E-state index contributed by atoms with van der Waals surface area (Å²) >= 11 is 0. The normalized spacial score (nSPS) is 22.2. The van der Waals surface area contributed by atoms with Gasteiger partial charge >= 0.3 is 0 Å². The fourth-order valence-corrected chi connectivity index (χ4v) is 4.41. The number of likely N-dealkylation sites (tertiary alicyclic amines) is 2. The largest absolute Gasteiger partial charge is 0.342 e. The van der Waals surface area contributed by atoms with Gasteiger partial charge in [0.2, 0.25) is 17.7 Å². The van der Waals surface area contributed by atoms with Gasteiger partial charge < -0.3 is 14.3 Å². The van der Waals surface area contributed by atoms with Gasteiger partial charge in [-0.05, 0) is 50.3 Å². The minimum Gasteiger partial charge on any atom is -0.342 e. The van der Waals surface area contributed by atoms with Crippen molar-refractivity contribution < 1.29 is 18.5 Å². The molecule has 2 aliphatic rings. The number of piperidine rings is 2. The van der Waals surface area contributed by atoms with E-state index in [2.05, 4.69) is 10.1 Å². The fourth-order valence-electron chi connectivity index (χ4n) is 4.41. The van der Waals surface area contributed by atoms with Crippen LogP contribution in [-0.4, -0.2) is 57.9 Å². The minimum atomic E-state index is -0.314. The van der Waals surface area contributed by atoms with Crippen molar-refractivity contribution in [1.82, 2.24) is 19.9 Å². The summed E-state index contributed by atoms with van der Waals surface area (Å²) in [4.78, 5) is 33.9. The maximum Gasteiger partial charge on any atom is 0.231 e. The lowest BCUT2D eigenvalue weighted by molar-refractivity contribution is -0.141. The number of rotatable bonds is 4. The van der Waals surface area contributed by atoms with Crippen LogP contribution in [0.4, 0.5) is 4.39 Å². The van der Waals surface area contributed by atoms with E-state index in [1.807, 2.05) is 4.90 Å². The van der Waals surface area contributed by atoms with E-state index in [0.29, 0.717) is 31.3 Å². The quantitative estimate of drug-likeness (QED) is 0.769. The number of aryl methyl sites for hydroxylation is 1. The maximum atomic E-state index is 13.2. The van der Waals surface area contributed by atoms with Gasteiger partial charge in [-0.3, -0.25) is 9.59 Å². The second-order valence-corrected chi connectivity index (χ2v) is 8.29. The van der Waals surface area contributed by atoms with Crippen LogP contribution in [0.3, 0.4) is 0 Å². The molecule has 0 spiro atoms. The van der Waals surface area contributed by atoms with Crippen molar-refractivity contribution >= 4 is 11.8 Å². The number of carbonyl (C=O) groups is 2. The Labute approximate surface area is 175 Å². The molecule has 2 saturated heterocycles. The summed E-state index contributed by atoms with van der Waals surface area (Å²) in [5.74, 6) is 0.876. The number of hydrogen-bond acceptors (Lipinski definition) is 5. The van der Waals surface area contributed by atoms with Gasteiger partial charge in [0.1, 0.15) is 5.82 Å². The molecular formula is C22H27FN4O3. The molecule has 0 saturated carbocycles. The molecule has 2 amide bonds. The molecule has 2 aromatic rings. The van der Waals surface area contributed by atoms with Gasteiger partial charge in [0.25, 0.3) is 0 Å². The molecule has 0 bridgehead atoms. The molecule has 3 heterocycles. The van der Waals surface area contributed by atoms with Crippen LogP contribution in [-0.2, 0) is 16.0 Å². The van der Waals surface area contributed by atoms with E-state index in [4.69, 9.17) is 4.52 Å². The highest BCUT2D eigenvalue weighted by molar-refractivity contribution is 5.82. The van der Waals surface area contributed by atoms with Crippen LogP contribution in [0, 0.1) is 18.7 Å². The van der Waals surface area contributed by atoms with E-state index >= 15 is 0 Å². The Kier molecular flexibility index (Phi) is 6.11. The number of hydrogen-bond donors (Lipinski definition) is 0. The fraction of sp³-hybridized carbons (Fsp3) is 0.545. The van der Waals surface area contributed by atoms with Crippen LogP contribution in [0.15, 0.2) is 28.8 Å². The molecule has 1 aromatic heterocycles. The van der Waals surface area contributed by atoms with Crippen LogP contribution < -0.4 is 0 Å². The molecule has 8 heteroatoms. The van der Waals surface area contributed by atoms with Crippen LogP contribution >= 0.6 is 0 Å². The zero-order chi connectivity index (χ0) is 21.1. The van der Waals surface area contributed by atoms with Crippen molar-refractivity contribution in [2.75, 3.05) is 26.2 Å². The van der Waals surface area contributed by atoms with Crippen molar-refractivity contribution in [2.24, 2.45) is 5.92 Å². The lowest BCUT2D eigenvalue weighted by atomic mass is 9.92. The van der Waals surface area contributed by atoms with Crippen molar-refractivity contribution in [3.05, 3.63) is 47.4 Å². The lowest BCUT2D eigenvalue weighted by Gasteiger charge is -2.37. The molecule has 0 radical (unpaired) electrons. The number of nitrogens with zero attached hydrogens (tertiary/aromatic N) is 4. The van der Waals surface area contributed by atoms with Gasteiger partial charge in [0, 0.05) is 26.2 Å². The first-order valence-electron chi connectivity index (χ1n) is 10.6. The van der Waals surface area contributed by atoms with E-state index in [0.717, 1.165) is 37.8 Å². The first kappa shape index (κ1) is 20.5. The van der Waals surface area contributed by atoms with Crippen molar-refractivity contribution in [3.8, 4) is 0 Å². The van der Waals surface area contributed by atoms with Crippen LogP contribution in [0.1, 0.15) is 48.9 Å². The van der Waals surface area contributed by atoms with E-state index < -0.39 is 0 Å². The Morgan fingerprint density at radius 3 is 2.57 bits per heavy atom. The average molecular weight is 414 g/mol. The third kappa shape index (κ3) is 4.68. The number of amides is 2. The number of aromatic nitrogens is 2. The first-order chi connectivity index (χ1) is 14.5. The highest BCUT2D eigenvalue weighted by atomic mass is 19.1. The second-order valence-electron chi connectivity index (χ2n) is 8.29. The third-order valence-corrected chi connectivity index (χ3v) is 6.02. The first-order valence-corrected chi connectivity index (χ1v) is 10.6. The Hall–Kier alpha value is -2.77. The molecule has 2 atom stereocenters. The third-order valence-electron chi connectivity index (χ3n) is 6.02. The van der Waals surface area contributed by atoms with Crippen LogP contribution in [0.2, 0.25) is 0 Å². The summed E-state index contributed by atoms with van der Waals surface area (Å²) in [6, 6.07) is 5.99. The summed E-state index contributed by atoms with van der Waals surface area (Å²) in [5, 5.41) is 3.87. The van der Waals surface area contributed by atoms with Gasteiger partial charge in [-0.1, -0.05) is 17.3 Å². The maximum absolute atomic E-state index is 13.2. The van der Waals surface area contributed by atoms with Gasteiger partial charge in [-0.25, -0.2) is 4.39 Å². The highest BCUT2D eigenvalue weighted by Gasteiger charge is 2.34. The Morgan fingerprint density at radius 2 is 1.83 bits per heavy atom. The van der Waals surface area contributed by atoms with Gasteiger partial charge in [0.05, 0.1) is 18.3 Å². The van der Waals surface area contributed by atoms with Crippen LogP contribution in [0.5, 0.6) is 0 Å². The van der Waals surface area contributed by atoms with Crippen molar-refractivity contribution in [2.45, 2.75) is 44.9 Å². The molecule has 160 valence electrons. The van der Waals surface area contributed by atoms with Crippen molar-refractivity contribution in [3.63, 3.8) is 0 Å². The summed E-state index contributed by atoms with van der Waals surface area (Å²) in [7, 11) is 0. The van der Waals surface area contributed by atoms with E-state index in [1.54, 1.807) is 24.0 Å². The summed E-state index contributed by atoms with van der Waals surface area (Å²) in [5.41, 5.74) is 0.781. The Balaban J connectivity index is 1.35. The molecule has 1 aromatic carbocycles. The summed E-state index contributed by atoms with van der Waals surface area (Å²) in [6.07, 6.45) is 3.66. The van der Waals surface area contributed by atoms with Gasteiger partial charge in [-0.2, -0.15) is 4.98 Å². The highest BCUT2D eigenvalue weighted by Crippen LogP contribution is 2.28. The molecule has 2 aliphatic heterocycles. The Morgan fingerprint density at radius 1 is 1.10 bits per heavy atom. The standard InChI is InChI=1S/C22H27FN4O3/c1-15-24-21(30-25-15)17-4-2-11-27(13-17)22(29)18-5-3-10-26(14-18)20(28)12-16-6-8-19(23)9-7-16/h6-9,17-18H,2-5,10-14H2,1H3/t17-,18+/m1/s1. The summed E-state index contributed by atoms with van der Waals surface area (Å²) in [6.45, 7) is 4.20. The second kappa shape index (κ2) is 8.93. The molecule has 0 unspecified atom stereocenters. The van der Waals surface area contributed by atoms with Crippen molar-refractivity contribution in [1.29, 1.82) is 0 Å². The molecular weight excluding hydrogens is 387 g/mol. The van der Waals surface area contributed by atoms with E-state index in [1.165, 1.54) is 12.1 Å². The van der Waals surface area contributed by atoms with E-state index in [-0.39, 0.29) is 35.9 Å². The molecule has 7 nitrogen and oxygen atoms in total. The molecule has 4 rings (SSSR count). The summed E-state index contributed by atoms with van der Waals surface area (Å²) < 4.78 is 18.4. The molecule has 0 aliphatic carbocycles. The number of benzene rings is 1. The van der Waals surface area contributed by atoms with Crippen LogP contribution in [0.25, 0.3) is 0 Å². The monoisotopic (exact) mass is 414 g/mol. The topological polar surface area (TPSA) is 79.5 Å². The van der Waals surface area contributed by atoms with E-state index in [9.17, 15) is 14.0 Å². The minimum absolute atomic E-state index is 0.0167. The zero-order valence-electron chi connectivity index (χ0n) is 17.2. The Bertz CT molecular complexity index is 898. The smallest absolute Gasteiger partial charge is 0.231 e. The molecule has 0 N–H and O–H groups in total. The number of halogens is 1. The lowest BCUT2D eigenvalue weighted by Crippen LogP contribution is -2.49. The SMILES string of the molecule is Cc1noc([C@@H]2CCCN(C(=O)[C@H]3CCCN(C(=O)Cc4ccc(F)cc4)C3)C2)n1. The van der Waals surface area contributed by atoms with Gasteiger partial charge in [-0.15, -0.1) is 0 Å². The predicted molar refractivity (Wildman–Crippen MR) is 107 cm³/mol. The molecule has 30 heavy (non-hydrogen) atoms. The zero-order valence-corrected chi connectivity index (χ0v) is 17.2. The van der Waals surface area contributed by atoms with Gasteiger partial charge in [0.15, 0.2) is 5.82 Å².